The molecule has 0 aliphatic carbocycles. The van der Waals surface area contributed by atoms with Crippen LogP contribution in [0.2, 0.25) is 0 Å². The number of benzene rings is 3. The molecule has 0 atom stereocenters. The van der Waals surface area contributed by atoms with Gasteiger partial charge in [0.15, 0.2) is 11.6 Å². The maximum atomic E-state index is 13.9. The highest BCUT2D eigenvalue weighted by molar-refractivity contribution is 6.18. The number of carbonyl (C=O) groups is 5. The normalized spacial score (nSPS) is 11.6. The molecule has 41 heavy (non-hydrogen) atoms. The molecule has 0 saturated heterocycles. The summed E-state index contributed by atoms with van der Waals surface area (Å²) >= 11 is 0. The third-order valence-corrected chi connectivity index (χ3v) is 7.78. The Hall–Kier alpha value is -4.66. The van der Waals surface area contributed by atoms with E-state index in [1.54, 1.807) is 37.3 Å². The van der Waals surface area contributed by atoms with Crippen LogP contribution in [0.1, 0.15) is 71.4 Å². The van der Waals surface area contributed by atoms with Gasteiger partial charge in [-0.3, -0.25) is 24.0 Å². The van der Waals surface area contributed by atoms with E-state index >= 15 is 0 Å². The molecule has 9 heteroatoms. The minimum atomic E-state index is -1.81. The van der Waals surface area contributed by atoms with Gasteiger partial charge in [0.05, 0.1) is 5.41 Å². The van der Waals surface area contributed by atoms with Gasteiger partial charge in [-0.25, -0.2) is 4.39 Å². The van der Waals surface area contributed by atoms with E-state index < -0.39 is 47.6 Å². The molecular weight excluding hydrogens is 529 g/mol. The predicted molar refractivity (Wildman–Crippen MR) is 151 cm³/mol. The number of carbonyl (C=O) groups excluding carboxylic acids is 3. The van der Waals surface area contributed by atoms with Crippen molar-refractivity contribution >= 4 is 51.1 Å². The van der Waals surface area contributed by atoms with Crippen LogP contribution in [0.5, 0.6) is 0 Å². The molecule has 0 aliphatic rings. The van der Waals surface area contributed by atoms with Crippen LogP contribution in [-0.4, -0.2) is 44.1 Å². The van der Waals surface area contributed by atoms with Crippen LogP contribution in [0.25, 0.3) is 21.8 Å². The van der Waals surface area contributed by atoms with Crippen molar-refractivity contribution in [2.24, 2.45) is 5.41 Å². The minimum Gasteiger partial charge on any atom is -0.481 e. The standard InChI is InChI=1S/C32H30FNO7/c1-4-34-26-9-5-20(30(40)23-8-7-22(33)15-18(23)2)16-24(26)25-17-21(6-10-27(25)34)31(41)32(19(3)35,13-11-28(36)37)14-12-29(38)39/h5-10,15-17H,4,11-14H2,1-3H3,(H,36,37)(H,38,39). The number of nitrogens with zero attached hydrogens (tertiary/aromatic N) is 1. The molecule has 8 nitrogen and oxygen atoms in total. The van der Waals surface area contributed by atoms with Crippen molar-refractivity contribution in [2.75, 3.05) is 0 Å². The second kappa shape index (κ2) is 11.4. The molecule has 1 aromatic heterocycles. The lowest BCUT2D eigenvalue weighted by molar-refractivity contribution is -0.138. The highest BCUT2D eigenvalue weighted by Gasteiger charge is 2.43. The van der Waals surface area contributed by atoms with E-state index in [2.05, 4.69) is 0 Å². The molecule has 0 radical (unpaired) electrons. The topological polar surface area (TPSA) is 131 Å². The van der Waals surface area contributed by atoms with E-state index in [4.69, 9.17) is 0 Å². The summed E-state index contributed by atoms with van der Waals surface area (Å²) in [7, 11) is 0. The van der Waals surface area contributed by atoms with E-state index in [-0.39, 0.29) is 24.2 Å². The lowest BCUT2D eigenvalue weighted by atomic mass is 9.70. The number of aliphatic carboxylic acids is 2. The number of ketones is 3. The average Bonchev–Trinajstić information content (AvgIpc) is 3.24. The molecule has 0 unspecified atom stereocenters. The lowest BCUT2D eigenvalue weighted by Crippen LogP contribution is -2.39. The fourth-order valence-electron chi connectivity index (χ4n) is 5.55. The molecule has 0 amide bonds. The molecule has 0 spiro atoms. The van der Waals surface area contributed by atoms with Crippen molar-refractivity contribution in [1.82, 2.24) is 4.57 Å². The maximum absolute atomic E-state index is 13.9. The summed E-state index contributed by atoms with van der Waals surface area (Å²) in [6, 6.07) is 14.1. The number of carboxylic acid groups (broad SMARTS) is 2. The largest absolute Gasteiger partial charge is 0.481 e. The van der Waals surface area contributed by atoms with Crippen molar-refractivity contribution in [3.05, 3.63) is 82.7 Å². The van der Waals surface area contributed by atoms with Crippen LogP contribution in [-0.2, 0) is 20.9 Å². The van der Waals surface area contributed by atoms with E-state index in [0.717, 1.165) is 11.0 Å². The smallest absolute Gasteiger partial charge is 0.303 e. The van der Waals surface area contributed by atoms with Gasteiger partial charge in [0.25, 0.3) is 0 Å². The Morgan fingerprint density at radius 3 is 1.83 bits per heavy atom. The highest BCUT2D eigenvalue weighted by Crippen LogP contribution is 2.38. The Balaban J connectivity index is 1.88. The molecule has 0 saturated carbocycles. The van der Waals surface area contributed by atoms with Crippen molar-refractivity contribution in [1.29, 1.82) is 0 Å². The number of Topliss-reactive ketones (excluding diaryl/α,β-unsaturated/α-hetero) is 2. The van der Waals surface area contributed by atoms with E-state index in [9.17, 15) is 38.6 Å². The average molecular weight is 560 g/mol. The first-order valence-electron chi connectivity index (χ1n) is 13.3. The van der Waals surface area contributed by atoms with Gasteiger partial charge in [-0.1, -0.05) is 0 Å². The summed E-state index contributed by atoms with van der Waals surface area (Å²) in [4.78, 5) is 62.9. The lowest BCUT2D eigenvalue weighted by Gasteiger charge is -2.29. The van der Waals surface area contributed by atoms with Gasteiger partial charge in [-0.15, -0.1) is 0 Å². The zero-order chi connectivity index (χ0) is 30.1. The summed E-state index contributed by atoms with van der Waals surface area (Å²) in [5, 5.41) is 19.9. The Morgan fingerprint density at radius 1 is 0.805 bits per heavy atom. The molecule has 212 valence electrons. The van der Waals surface area contributed by atoms with Gasteiger partial charge < -0.3 is 14.8 Å². The molecule has 1 heterocycles. The van der Waals surface area contributed by atoms with Crippen molar-refractivity contribution in [2.45, 2.75) is 53.0 Å². The minimum absolute atomic E-state index is 0.143. The molecule has 0 bridgehead atoms. The number of halogens is 1. The number of hydrogen-bond acceptors (Lipinski definition) is 5. The fraction of sp³-hybridized carbons (Fsp3) is 0.281. The van der Waals surface area contributed by atoms with Crippen LogP contribution in [0.3, 0.4) is 0 Å². The quantitative estimate of drug-likeness (QED) is 0.161. The van der Waals surface area contributed by atoms with Gasteiger partial charge >= 0.3 is 11.9 Å². The maximum Gasteiger partial charge on any atom is 0.303 e. The second-order valence-electron chi connectivity index (χ2n) is 10.3. The molecule has 2 N–H and O–H groups in total. The third kappa shape index (κ3) is 5.52. The first-order valence-corrected chi connectivity index (χ1v) is 13.3. The van der Waals surface area contributed by atoms with Crippen LogP contribution in [0.15, 0.2) is 54.6 Å². The Labute approximate surface area is 235 Å². The Morgan fingerprint density at radius 2 is 1.34 bits per heavy atom. The molecule has 4 aromatic rings. The molecule has 0 fully saturated rings. The molecule has 4 rings (SSSR count). The number of fused-ring (bicyclic) bond motifs is 3. The summed E-state index contributed by atoms with van der Waals surface area (Å²) in [6.45, 7) is 5.38. The molecule has 3 aromatic carbocycles. The van der Waals surface area contributed by atoms with Gasteiger partial charge in [-0.2, -0.15) is 0 Å². The van der Waals surface area contributed by atoms with E-state index in [1.807, 2.05) is 17.6 Å². The summed E-state index contributed by atoms with van der Waals surface area (Å²) in [5.41, 5.74) is 1.17. The highest BCUT2D eigenvalue weighted by atomic mass is 19.1. The number of hydrogen-bond donors (Lipinski definition) is 2. The SMILES string of the molecule is CCn1c2ccc(C(=O)c3ccc(F)cc3C)cc2c2cc(C(=O)C(CCC(=O)O)(CCC(=O)O)C(C)=O)ccc21. The zero-order valence-corrected chi connectivity index (χ0v) is 23.0. The van der Waals surface area contributed by atoms with Crippen LogP contribution in [0.4, 0.5) is 4.39 Å². The van der Waals surface area contributed by atoms with Gasteiger partial charge in [0, 0.05) is 57.9 Å². The van der Waals surface area contributed by atoms with Crippen molar-refractivity contribution < 1.29 is 38.6 Å². The van der Waals surface area contributed by atoms with Crippen LogP contribution >= 0.6 is 0 Å². The van der Waals surface area contributed by atoms with Gasteiger partial charge in [-0.05, 0) is 93.8 Å². The van der Waals surface area contributed by atoms with Crippen molar-refractivity contribution in [3.63, 3.8) is 0 Å². The summed E-state index contributed by atoms with van der Waals surface area (Å²) in [5.74, 6) is -4.36. The first-order chi connectivity index (χ1) is 19.4. The molecular formula is C32H30FNO7. The monoisotopic (exact) mass is 559 g/mol. The Bertz CT molecular complexity index is 1720. The number of rotatable bonds is 12. The fourth-order valence-corrected chi connectivity index (χ4v) is 5.55. The predicted octanol–water partition coefficient (Wildman–Crippen LogP) is 5.98. The number of aryl methyl sites for hydroxylation is 2. The van der Waals surface area contributed by atoms with Gasteiger partial charge in [0.2, 0.25) is 0 Å². The van der Waals surface area contributed by atoms with Crippen LogP contribution < -0.4 is 0 Å². The van der Waals surface area contributed by atoms with Gasteiger partial charge in [0.1, 0.15) is 11.6 Å². The first kappa shape index (κ1) is 29.3. The van der Waals surface area contributed by atoms with E-state index in [1.165, 1.54) is 25.1 Å². The molecule has 0 aliphatic heterocycles. The second-order valence-corrected chi connectivity index (χ2v) is 10.3. The summed E-state index contributed by atoms with van der Waals surface area (Å²) in [6.07, 6.45) is -1.60. The van der Waals surface area contributed by atoms with E-state index in [0.29, 0.717) is 34.0 Å². The zero-order valence-electron chi connectivity index (χ0n) is 23.0. The third-order valence-electron chi connectivity index (χ3n) is 7.78. The van der Waals surface area contributed by atoms with Crippen LogP contribution in [0, 0.1) is 18.2 Å². The summed E-state index contributed by atoms with van der Waals surface area (Å²) < 4.78 is 15.6. The number of carboxylic acids is 2. The van der Waals surface area contributed by atoms with Crippen molar-refractivity contribution in [3.8, 4) is 0 Å². The number of aromatic nitrogens is 1. The Kier molecular flexibility index (Phi) is 8.19.